The molecule has 1 aliphatic heterocycles. The van der Waals surface area contributed by atoms with E-state index in [0.29, 0.717) is 16.1 Å². The van der Waals surface area contributed by atoms with E-state index in [1.165, 1.54) is 24.0 Å². The highest BCUT2D eigenvalue weighted by Gasteiger charge is 2.18. The van der Waals surface area contributed by atoms with Crippen LogP contribution in [0.15, 0.2) is 29.6 Å². The van der Waals surface area contributed by atoms with Crippen molar-refractivity contribution in [2.45, 2.75) is 13.1 Å². The third kappa shape index (κ3) is 2.68. The monoisotopic (exact) mass is 302 g/mol. The van der Waals surface area contributed by atoms with Crippen molar-refractivity contribution in [2.75, 3.05) is 12.4 Å². The predicted octanol–water partition coefficient (Wildman–Crippen LogP) is 2.39. The number of hydrogen-bond donors (Lipinski definition) is 2. The SMILES string of the molecule is COC(=O)c1sccc1NC(=O)c1ccc2c(c1)CNC2. The Morgan fingerprint density at radius 3 is 2.86 bits per heavy atom. The number of hydrogen-bond acceptors (Lipinski definition) is 5. The minimum atomic E-state index is -0.446. The average Bonchev–Trinajstić information content (AvgIpc) is 3.14. The number of carbonyl (C=O) groups excluding carboxylic acids is 2. The molecule has 0 saturated heterocycles. The highest BCUT2D eigenvalue weighted by Crippen LogP contribution is 2.24. The van der Waals surface area contributed by atoms with Crippen LogP contribution >= 0.6 is 11.3 Å². The van der Waals surface area contributed by atoms with E-state index in [0.717, 1.165) is 18.7 Å². The summed E-state index contributed by atoms with van der Waals surface area (Å²) in [6.45, 7) is 1.62. The van der Waals surface area contributed by atoms with Gasteiger partial charge in [-0.1, -0.05) is 6.07 Å². The number of esters is 1. The zero-order valence-corrected chi connectivity index (χ0v) is 12.3. The lowest BCUT2D eigenvalue weighted by Crippen LogP contribution is -2.14. The van der Waals surface area contributed by atoms with E-state index in [1.807, 2.05) is 12.1 Å². The van der Waals surface area contributed by atoms with Gasteiger partial charge in [-0.25, -0.2) is 4.79 Å². The van der Waals surface area contributed by atoms with Crippen LogP contribution in [0.25, 0.3) is 0 Å². The fourth-order valence-corrected chi connectivity index (χ4v) is 3.05. The summed E-state index contributed by atoms with van der Waals surface area (Å²) in [5, 5.41) is 7.75. The standard InChI is InChI=1S/C15H14N2O3S/c1-20-15(19)13-12(4-5-21-13)17-14(18)9-2-3-10-7-16-8-11(10)6-9/h2-6,16H,7-8H2,1H3,(H,17,18). The maximum absolute atomic E-state index is 12.3. The van der Waals surface area contributed by atoms with E-state index in [2.05, 4.69) is 10.6 Å². The molecule has 0 atom stereocenters. The molecular formula is C15H14N2O3S. The second-order valence-corrected chi connectivity index (χ2v) is 5.61. The quantitative estimate of drug-likeness (QED) is 0.854. The molecule has 2 heterocycles. The zero-order chi connectivity index (χ0) is 14.8. The van der Waals surface area contributed by atoms with Crippen LogP contribution in [0.1, 0.15) is 31.2 Å². The van der Waals surface area contributed by atoms with Gasteiger partial charge in [-0.05, 0) is 34.7 Å². The lowest BCUT2D eigenvalue weighted by atomic mass is 10.1. The first-order valence-electron chi connectivity index (χ1n) is 6.48. The lowest BCUT2D eigenvalue weighted by Gasteiger charge is -2.07. The second-order valence-electron chi connectivity index (χ2n) is 4.70. The predicted molar refractivity (Wildman–Crippen MR) is 80.6 cm³/mol. The van der Waals surface area contributed by atoms with Crippen molar-refractivity contribution in [3.05, 3.63) is 51.2 Å². The van der Waals surface area contributed by atoms with Crippen molar-refractivity contribution in [1.29, 1.82) is 0 Å². The summed E-state index contributed by atoms with van der Waals surface area (Å²) >= 11 is 1.24. The van der Waals surface area contributed by atoms with Crippen molar-refractivity contribution in [3.8, 4) is 0 Å². The van der Waals surface area contributed by atoms with E-state index in [9.17, 15) is 9.59 Å². The third-order valence-electron chi connectivity index (χ3n) is 3.38. The molecule has 1 amide bonds. The Bertz CT molecular complexity index is 709. The van der Waals surface area contributed by atoms with Crippen LogP contribution in [-0.2, 0) is 17.8 Å². The molecule has 1 aromatic carbocycles. The largest absolute Gasteiger partial charge is 0.465 e. The minimum Gasteiger partial charge on any atom is -0.465 e. The summed E-state index contributed by atoms with van der Waals surface area (Å²) in [5.74, 6) is -0.674. The summed E-state index contributed by atoms with van der Waals surface area (Å²) in [5.41, 5.74) is 3.42. The number of nitrogens with one attached hydrogen (secondary N) is 2. The number of methoxy groups -OCH3 is 1. The average molecular weight is 302 g/mol. The summed E-state index contributed by atoms with van der Waals surface area (Å²) in [6.07, 6.45) is 0. The number of amides is 1. The van der Waals surface area contributed by atoms with E-state index >= 15 is 0 Å². The first-order chi connectivity index (χ1) is 10.2. The molecule has 0 saturated carbocycles. The van der Waals surface area contributed by atoms with Crippen LogP contribution in [0.3, 0.4) is 0 Å². The van der Waals surface area contributed by atoms with Gasteiger partial charge in [0.05, 0.1) is 12.8 Å². The van der Waals surface area contributed by atoms with Crippen molar-refractivity contribution in [2.24, 2.45) is 0 Å². The Morgan fingerprint density at radius 1 is 1.24 bits per heavy atom. The molecule has 1 aromatic heterocycles. The van der Waals surface area contributed by atoms with Crippen LogP contribution in [0.4, 0.5) is 5.69 Å². The van der Waals surface area contributed by atoms with Crippen LogP contribution in [-0.4, -0.2) is 19.0 Å². The van der Waals surface area contributed by atoms with Gasteiger partial charge in [0.25, 0.3) is 5.91 Å². The highest BCUT2D eigenvalue weighted by molar-refractivity contribution is 7.12. The third-order valence-corrected chi connectivity index (χ3v) is 4.28. The summed E-state index contributed by atoms with van der Waals surface area (Å²) in [7, 11) is 1.32. The van der Waals surface area contributed by atoms with Crippen molar-refractivity contribution in [3.63, 3.8) is 0 Å². The number of anilines is 1. The summed E-state index contributed by atoms with van der Waals surface area (Å²) < 4.78 is 4.69. The molecule has 3 rings (SSSR count). The molecule has 1 aliphatic rings. The van der Waals surface area contributed by atoms with Gasteiger partial charge in [0.1, 0.15) is 4.88 Å². The number of thiophene rings is 1. The lowest BCUT2D eigenvalue weighted by molar-refractivity contribution is 0.0607. The molecule has 2 N–H and O–H groups in total. The van der Waals surface area contributed by atoms with Crippen LogP contribution in [0.2, 0.25) is 0 Å². The molecule has 0 fully saturated rings. The minimum absolute atomic E-state index is 0.228. The normalized spacial score (nSPS) is 12.8. The van der Waals surface area contributed by atoms with Crippen molar-refractivity contribution < 1.29 is 14.3 Å². The maximum Gasteiger partial charge on any atom is 0.350 e. The first kappa shape index (κ1) is 13.8. The molecular weight excluding hydrogens is 288 g/mol. The number of benzene rings is 1. The Kier molecular flexibility index (Phi) is 3.72. The smallest absolute Gasteiger partial charge is 0.350 e. The molecule has 0 bridgehead atoms. The van der Waals surface area contributed by atoms with E-state index in [-0.39, 0.29) is 5.91 Å². The number of fused-ring (bicyclic) bond motifs is 1. The maximum atomic E-state index is 12.3. The van der Waals surface area contributed by atoms with Gasteiger partial charge in [0, 0.05) is 18.7 Å². The molecule has 108 valence electrons. The van der Waals surface area contributed by atoms with Crippen molar-refractivity contribution >= 4 is 28.9 Å². The number of carbonyl (C=O) groups is 2. The number of ether oxygens (including phenoxy) is 1. The van der Waals surface area contributed by atoms with Crippen LogP contribution in [0.5, 0.6) is 0 Å². The van der Waals surface area contributed by atoms with Gasteiger partial charge in [0.2, 0.25) is 0 Å². The van der Waals surface area contributed by atoms with Gasteiger partial charge >= 0.3 is 5.97 Å². The molecule has 5 nitrogen and oxygen atoms in total. The summed E-state index contributed by atoms with van der Waals surface area (Å²) in [6, 6.07) is 7.34. The Labute approximate surface area is 125 Å². The van der Waals surface area contributed by atoms with E-state index in [4.69, 9.17) is 4.74 Å². The van der Waals surface area contributed by atoms with Gasteiger partial charge in [-0.15, -0.1) is 11.3 Å². The summed E-state index contributed by atoms with van der Waals surface area (Å²) in [4.78, 5) is 24.3. The van der Waals surface area contributed by atoms with Crippen LogP contribution < -0.4 is 10.6 Å². The number of rotatable bonds is 3. The first-order valence-corrected chi connectivity index (χ1v) is 7.36. The van der Waals surface area contributed by atoms with Gasteiger partial charge in [-0.3, -0.25) is 4.79 Å². The molecule has 0 aliphatic carbocycles. The highest BCUT2D eigenvalue weighted by atomic mass is 32.1. The van der Waals surface area contributed by atoms with Crippen LogP contribution in [0, 0.1) is 0 Å². The Morgan fingerprint density at radius 2 is 2.05 bits per heavy atom. The Hall–Kier alpha value is -2.18. The molecule has 21 heavy (non-hydrogen) atoms. The zero-order valence-electron chi connectivity index (χ0n) is 11.4. The molecule has 0 unspecified atom stereocenters. The fourth-order valence-electron chi connectivity index (χ4n) is 2.29. The Balaban J connectivity index is 1.81. The van der Waals surface area contributed by atoms with Crippen molar-refractivity contribution in [1.82, 2.24) is 5.32 Å². The van der Waals surface area contributed by atoms with E-state index < -0.39 is 5.97 Å². The molecule has 6 heteroatoms. The fraction of sp³-hybridized carbons (Fsp3) is 0.200. The van der Waals surface area contributed by atoms with Gasteiger partial charge in [-0.2, -0.15) is 0 Å². The topological polar surface area (TPSA) is 67.4 Å². The molecule has 2 aromatic rings. The molecule has 0 radical (unpaired) electrons. The van der Waals surface area contributed by atoms with Gasteiger partial charge < -0.3 is 15.4 Å². The molecule has 0 spiro atoms. The second kappa shape index (κ2) is 5.67. The van der Waals surface area contributed by atoms with E-state index in [1.54, 1.807) is 17.5 Å². The van der Waals surface area contributed by atoms with Gasteiger partial charge in [0.15, 0.2) is 0 Å².